The van der Waals surface area contributed by atoms with E-state index in [1.54, 1.807) is 30.0 Å². The summed E-state index contributed by atoms with van der Waals surface area (Å²) in [5.74, 6) is 0.163. The Kier molecular flexibility index (Phi) is 5.61. The molecule has 0 saturated carbocycles. The fraction of sp³-hybridized carbons (Fsp3) is 0.278. The molecule has 116 valence electrons. The first-order valence-electron chi connectivity index (χ1n) is 7.20. The molecule has 0 heterocycles. The van der Waals surface area contributed by atoms with Crippen molar-refractivity contribution in [1.29, 1.82) is 0 Å². The fourth-order valence-electron chi connectivity index (χ4n) is 2.25. The lowest BCUT2D eigenvalue weighted by Crippen LogP contribution is -2.23. The number of hydrogen-bond acceptors (Lipinski definition) is 2. The van der Waals surface area contributed by atoms with E-state index in [0.717, 1.165) is 5.75 Å². The van der Waals surface area contributed by atoms with Gasteiger partial charge in [-0.3, -0.25) is 4.79 Å². The lowest BCUT2D eigenvalue weighted by atomic mass is 10.1. The van der Waals surface area contributed by atoms with Gasteiger partial charge in [0.2, 0.25) is 5.91 Å². The maximum atomic E-state index is 13.5. The number of nitrogens with one attached hydrogen (secondary N) is 1. The second-order valence-corrected chi connectivity index (χ2v) is 6.75. The summed E-state index contributed by atoms with van der Waals surface area (Å²) in [5.41, 5.74) is 3.87. The van der Waals surface area contributed by atoms with Crippen LogP contribution in [0.15, 0.2) is 42.5 Å². The van der Waals surface area contributed by atoms with Crippen molar-refractivity contribution >= 4 is 23.4 Å². The van der Waals surface area contributed by atoms with Gasteiger partial charge in [-0.25, -0.2) is 4.39 Å². The molecule has 0 aliphatic rings. The molecule has 0 bridgehead atoms. The fourth-order valence-corrected chi connectivity index (χ4v) is 3.07. The second-order valence-electron chi connectivity index (χ2n) is 5.42. The molecule has 1 N–H and O–H groups in total. The highest BCUT2D eigenvalue weighted by molar-refractivity contribution is 7.99. The molecule has 2 aromatic carbocycles. The van der Waals surface area contributed by atoms with Crippen LogP contribution in [-0.2, 0) is 10.5 Å². The third-order valence-corrected chi connectivity index (χ3v) is 4.50. The van der Waals surface area contributed by atoms with E-state index < -0.39 is 5.82 Å². The first-order chi connectivity index (χ1) is 10.5. The van der Waals surface area contributed by atoms with E-state index in [1.165, 1.54) is 22.8 Å². The monoisotopic (exact) mass is 317 g/mol. The molecule has 1 amide bonds. The number of carbonyl (C=O) groups excluding carboxylic acids is 1. The summed E-state index contributed by atoms with van der Waals surface area (Å²) in [7, 11) is 0. The van der Waals surface area contributed by atoms with Gasteiger partial charge in [-0.15, -0.1) is 11.8 Å². The lowest BCUT2D eigenvalue weighted by Gasteiger charge is -2.13. The predicted molar refractivity (Wildman–Crippen MR) is 91.7 cm³/mol. The molecule has 4 heteroatoms. The minimum Gasteiger partial charge on any atom is -0.323 e. The van der Waals surface area contributed by atoms with Gasteiger partial charge in [-0.1, -0.05) is 41.5 Å². The minimum absolute atomic E-state index is 0.181. The Labute approximate surface area is 135 Å². The SMILES string of the molecule is Cc1cc(C)cc(CSC(C)C(=O)Nc2ccccc2F)c1. The zero-order valence-corrected chi connectivity index (χ0v) is 13.8. The highest BCUT2D eigenvalue weighted by Gasteiger charge is 2.15. The summed E-state index contributed by atoms with van der Waals surface area (Å²) >= 11 is 1.55. The molecule has 0 radical (unpaired) electrons. The Morgan fingerprint density at radius 3 is 2.45 bits per heavy atom. The Morgan fingerprint density at radius 2 is 1.82 bits per heavy atom. The molecule has 1 atom stereocenters. The van der Waals surface area contributed by atoms with Crippen LogP contribution < -0.4 is 5.32 Å². The van der Waals surface area contributed by atoms with E-state index in [0.29, 0.717) is 0 Å². The van der Waals surface area contributed by atoms with Crippen molar-refractivity contribution in [1.82, 2.24) is 0 Å². The number of para-hydroxylation sites is 1. The molecular weight excluding hydrogens is 297 g/mol. The number of benzene rings is 2. The molecule has 0 aromatic heterocycles. The topological polar surface area (TPSA) is 29.1 Å². The van der Waals surface area contributed by atoms with Gasteiger partial charge >= 0.3 is 0 Å². The van der Waals surface area contributed by atoms with Gasteiger partial charge in [0.05, 0.1) is 10.9 Å². The Balaban J connectivity index is 1.93. The van der Waals surface area contributed by atoms with Crippen LogP contribution in [0.25, 0.3) is 0 Å². The molecule has 2 rings (SSSR count). The van der Waals surface area contributed by atoms with Crippen LogP contribution in [-0.4, -0.2) is 11.2 Å². The van der Waals surface area contributed by atoms with Gasteiger partial charge in [-0.05, 0) is 38.5 Å². The van der Waals surface area contributed by atoms with Crippen molar-refractivity contribution < 1.29 is 9.18 Å². The first-order valence-corrected chi connectivity index (χ1v) is 8.25. The Morgan fingerprint density at radius 1 is 1.18 bits per heavy atom. The van der Waals surface area contributed by atoms with E-state index in [-0.39, 0.29) is 16.8 Å². The zero-order chi connectivity index (χ0) is 16.1. The van der Waals surface area contributed by atoms with Crippen LogP contribution >= 0.6 is 11.8 Å². The standard InChI is InChI=1S/C18H20FNOS/c1-12-8-13(2)10-15(9-12)11-22-14(3)18(21)20-17-7-5-4-6-16(17)19/h4-10,14H,11H2,1-3H3,(H,20,21). The summed E-state index contributed by atoms with van der Waals surface area (Å²) in [6, 6.07) is 12.6. The van der Waals surface area contributed by atoms with Crippen LogP contribution in [0.4, 0.5) is 10.1 Å². The number of hydrogen-bond donors (Lipinski definition) is 1. The molecule has 2 nitrogen and oxygen atoms in total. The third kappa shape index (κ3) is 4.60. The van der Waals surface area contributed by atoms with Crippen molar-refractivity contribution in [3.8, 4) is 0 Å². The molecule has 0 spiro atoms. The van der Waals surface area contributed by atoms with E-state index in [1.807, 2.05) is 6.92 Å². The molecule has 0 aliphatic carbocycles. The van der Waals surface area contributed by atoms with Crippen LogP contribution in [0.5, 0.6) is 0 Å². The number of halogens is 1. The number of amides is 1. The third-order valence-electron chi connectivity index (χ3n) is 3.28. The van der Waals surface area contributed by atoms with Gasteiger partial charge < -0.3 is 5.32 Å². The van der Waals surface area contributed by atoms with Crippen LogP contribution in [0.3, 0.4) is 0 Å². The maximum Gasteiger partial charge on any atom is 0.237 e. The number of thioether (sulfide) groups is 1. The highest BCUT2D eigenvalue weighted by Crippen LogP contribution is 2.21. The van der Waals surface area contributed by atoms with Gasteiger partial charge in [0.15, 0.2) is 0 Å². The van der Waals surface area contributed by atoms with Crippen LogP contribution in [0, 0.1) is 19.7 Å². The lowest BCUT2D eigenvalue weighted by molar-refractivity contribution is -0.115. The molecule has 2 aromatic rings. The summed E-state index contributed by atoms with van der Waals surface area (Å²) in [6.07, 6.45) is 0. The Bertz CT molecular complexity index is 652. The molecule has 1 unspecified atom stereocenters. The van der Waals surface area contributed by atoms with Gasteiger partial charge in [-0.2, -0.15) is 0 Å². The molecule has 0 fully saturated rings. The average molecular weight is 317 g/mol. The summed E-state index contributed by atoms with van der Waals surface area (Å²) in [6.45, 7) is 5.97. The molecule has 0 saturated heterocycles. The van der Waals surface area contributed by atoms with Crippen molar-refractivity contribution in [2.45, 2.75) is 31.8 Å². The predicted octanol–water partition coefficient (Wildman–Crippen LogP) is 4.70. The quantitative estimate of drug-likeness (QED) is 0.866. The number of carbonyl (C=O) groups is 1. The van der Waals surface area contributed by atoms with E-state index in [9.17, 15) is 9.18 Å². The summed E-state index contributed by atoms with van der Waals surface area (Å²) in [4.78, 5) is 12.1. The van der Waals surface area contributed by atoms with E-state index >= 15 is 0 Å². The van der Waals surface area contributed by atoms with Crippen LogP contribution in [0.2, 0.25) is 0 Å². The smallest absolute Gasteiger partial charge is 0.237 e. The number of aryl methyl sites for hydroxylation is 2. The zero-order valence-electron chi connectivity index (χ0n) is 13.0. The van der Waals surface area contributed by atoms with Gasteiger partial charge in [0.1, 0.15) is 5.82 Å². The first kappa shape index (κ1) is 16.6. The Hall–Kier alpha value is -1.81. The van der Waals surface area contributed by atoms with Crippen LogP contribution in [0.1, 0.15) is 23.6 Å². The highest BCUT2D eigenvalue weighted by atomic mass is 32.2. The molecule has 0 aliphatic heterocycles. The van der Waals surface area contributed by atoms with Crippen molar-refractivity contribution in [2.24, 2.45) is 0 Å². The molecular formula is C18H20FNOS. The second kappa shape index (κ2) is 7.45. The van der Waals surface area contributed by atoms with Crippen molar-refractivity contribution in [2.75, 3.05) is 5.32 Å². The molecule has 22 heavy (non-hydrogen) atoms. The summed E-state index contributed by atoms with van der Waals surface area (Å²) in [5, 5.41) is 2.38. The van der Waals surface area contributed by atoms with Crippen molar-refractivity contribution in [3.05, 3.63) is 65.0 Å². The minimum atomic E-state index is -0.414. The van der Waals surface area contributed by atoms with E-state index in [4.69, 9.17) is 0 Å². The van der Waals surface area contributed by atoms with Gasteiger partial charge in [0.25, 0.3) is 0 Å². The van der Waals surface area contributed by atoms with E-state index in [2.05, 4.69) is 37.4 Å². The number of rotatable bonds is 5. The van der Waals surface area contributed by atoms with Crippen molar-refractivity contribution in [3.63, 3.8) is 0 Å². The maximum absolute atomic E-state index is 13.5. The largest absolute Gasteiger partial charge is 0.323 e. The van der Waals surface area contributed by atoms with Gasteiger partial charge in [0, 0.05) is 5.75 Å². The average Bonchev–Trinajstić information content (AvgIpc) is 2.46. The summed E-state index contributed by atoms with van der Waals surface area (Å²) < 4.78 is 13.5. The number of anilines is 1. The normalized spacial score (nSPS) is 12.0.